The van der Waals surface area contributed by atoms with Crippen LogP contribution in [0.2, 0.25) is 0 Å². The SMILES string of the molecule is O=[N+]([O-])c1c(Nc2cc(F)ccc2F)ncnc1N1CCc2ccccc21. The molecule has 1 aliphatic rings. The van der Waals surface area contributed by atoms with Crippen LogP contribution in [-0.4, -0.2) is 21.4 Å². The Balaban J connectivity index is 1.80. The van der Waals surface area contributed by atoms with E-state index in [1.165, 1.54) is 0 Å². The van der Waals surface area contributed by atoms with Gasteiger partial charge in [-0.1, -0.05) is 18.2 Å². The first kappa shape index (κ1) is 16.8. The van der Waals surface area contributed by atoms with E-state index in [4.69, 9.17) is 0 Å². The van der Waals surface area contributed by atoms with Crippen LogP contribution in [0.4, 0.5) is 37.5 Å². The van der Waals surface area contributed by atoms with Crippen molar-refractivity contribution in [2.45, 2.75) is 6.42 Å². The van der Waals surface area contributed by atoms with Gasteiger partial charge in [0.25, 0.3) is 0 Å². The lowest BCUT2D eigenvalue weighted by molar-refractivity contribution is -0.383. The molecule has 0 saturated carbocycles. The molecule has 3 aromatic rings. The molecular formula is C18H13F2N5O2. The van der Waals surface area contributed by atoms with Crippen LogP contribution in [0.5, 0.6) is 0 Å². The van der Waals surface area contributed by atoms with Crippen LogP contribution in [-0.2, 0) is 6.42 Å². The van der Waals surface area contributed by atoms with Gasteiger partial charge in [-0.25, -0.2) is 18.7 Å². The van der Waals surface area contributed by atoms with Gasteiger partial charge in [0, 0.05) is 18.3 Å². The lowest BCUT2D eigenvalue weighted by Crippen LogP contribution is -2.17. The fourth-order valence-corrected chi connectivity index (χ4v) is 3.11. The van der Waals surface area contributed by atoms with Crippen molar-refractivity contribution in [3.8, 4) is 0 Å². The Morgan fingerprint density at radius 1 is 1.15 bits per heavy atom. The van der Waals surface area contributed by atoms with Gasteiger partial charge in [0.1, 0.15) is 18.0 Å². The normalized spacial score (nSPS) is 12.7. The van der Waals surface area contributed by atoms with Gasteiger partial charge in [0.15, 0.2) is 0 Å². The van der Waals surface area contributed by atoms with Gasteiger partial charge < -0.3 is 10.2 Å². The molecule has 0 aliphatic carbocycles. The molecule has 0 radical (unpaired) electrons. The maximum atomic E-state index is 13.9. The highest BCUT2D eigenvalue weighted by atomic mass is 19.1. The third-order valence-corrected chi connectivity index (χ3v) is 4.31. The maximum absolute atomic E-state index is 13.9. The number of nitro groups is 1. The summed E-state index contributed by atoms with van der Waals surface area (Å²) in [7, 11) is 0. The quantitative estimate of drug-likeness (QED) is 0.551. The molecule has 9 heteroatoms. The molecule has 2 aromatic carbocycles. The van der Waals surface area contributed by atoms with E-state index in [0.29, 0.717) is 6.54 Å². The minimum absolute atomic E-state index is 0.0965. The number of para-hydroxylation sites is 1. The summed E-state index contributed by atoms with van der Waals surface area (Å²) >= 11 is 0. The van der Waals surface area contributed by atoms with Crippen molar-refractivity contribution in [1.82, 2.24) is 9.97 Å². The molecular weight excluding hydrogens is 356 g/mol. The molecule has 27 heavy (non-hydrogen) atoms. The lowest BCUT2D eigenvalue weighted by Gasteiger charge is -2.19. The van der Waals surface area contributed by atoms with Crippen LogP contribution in [0.15, 0.2) is 48.8 Å². The summed E-state index contributed by atoms with van der Waals surface area (Å²) in [6.45, 7) is 0.519. The number of hydrogen-bond donors (Lipinski definition) is 1. The Hall–Kier alpha value is -3.62. The van der Waals surface area contributed by atoms with Crippen molar-refractivity contribution in [2.24, 2.45) is 0 Å². The van der Waals surface area contributed by atoms with E-state index in [-0.39, 0.29) is 17.3 Å². The molecule has 1 aromatic heterocycles. The summed E-state index contributed by atoms with van der Waals surface area (Å²) in [4.78, 5) is 20.8. The van der Waals surface area contributed by atoms with Crippen LogP contribution < -0.4 is 10.2 Å². The number of benzene rings is 2. The van der Waals surface area contributed by atoms with E-state index in [0.717, 1.165) is 42.2 Å². The fraction of sp³-hybridized carbons (Fsp3) is 0.111. The van der Waals surface area contributed by atoms with E-state index in [1.54, 1.807) is 4.90 Å². The Morgan fingerprint density at radius 3 is 2.78 bits per heavy atom. The molecule has 136 valence electrons. The second kappa shape index (κ2) is 6.60. The van der Waals surface area contributed by atoms with Crippen molar-refractivity contribution in [3.63, 3.8) is 0 Å². The highest BCUT2D eigenvalue weighted by Crippen LogP contribution is 2.40. The Kier molecular flexibility index (Phi) is 4.11. The second-order valence-corrected chi connectivity index (χ2v) is 5.93. The average Bonchev–Trinajstić information content (AvgIpc) is 3.08. The molecule has 0 atom stereocenters. The van der Waals surface area contributed by atoms with Gasteiger partial charge in [-0.15, -0.1) is 0 Å². The zero-order valence-electron chi connectivity index (χ0n) is 13.9. The van der Waals surface area contributed by atoms with Crippen molar-refractivity contribution in [2.75, 3.05) is 16.8 Å². The van der Waals surface area contributed by atoms with Crippen LogP contribution in [0.1, 0.15) is 5.56 Å². The molecule has 0 unspecified atom stereocenters. The first-order valence-corrected chi connectivity index (χ1v) is 8.11. The number of hydrogen-bond acceptors (Lipinski definition) is 6. The largest absolute Gasteiger partial charge is 0.354 e. The van der Waals surface area contributed by atoms with Crippen molar-refractivity contribution in [3.05, 3.63) is 76.1 Å². The minimum atomic E-state index is -0.752. The summed E-state index contributed by atoms with van der Waals surface area (Å²) in [6, 6.07) is 10.3. The van der Waals surface area contributed by atoms with Gasteiger partial charge in [0.05, 0.1) is 10.6 Å². The van der Waals surface area contributed by atoms with Crippen molar-refractivity contribution >= 4 is 28.7 Å². The van der Waals surface area contributed by atoms with Crippen LogP contribution in [0.3, 0.4) is 0 Å². The van der Waals surface area contributed by atoms with E-state index >= 15 is 0 Å². The number of aromatic nitrogens is 2. The van der Waals surface area contributed by atoms with E-state index < -0.39 is 22.2 Å². The van der Waals surface area contributed by atoms with Gasteiger partial charge >= 0.3 is 5.69 Å². The molecule has 0 amide bonds. The monoisotopic (exact) mass is 369 g/mol. The molecule has 0 saturated heterocycles. The summed E-state index contributed by atoms with van der Waals surface area (Å²) in [6.07, 6.45) is 1.88. The predicted molar refractivity (Wildman–Crippen MR) is 95.5 cm³/mol. The highest BCUT2D eigenvalue weighted by molar-refractivity contribution is 5.80. The Morgan fingerprint density at radius 2 is 1.96 bits per heavy atom. The number of halogens is 2. The van der Waals surface area contributed by atoms with Crippen molar-refractivity contribution < 1.29 is 13.7 Å². The third-order valence-electron chi connectivity index (χ3n) is 4.31. The van der Waals surface area contributed by atoms with E-state index in [2.05, 4.69) is 15.3 Å². The third kappa shape index (κ3) is 3.03. The molecule has 4 rings (SSSR count). The van der Waals surface area contributed by atoms with Crippen LogP contribution in [0.25, 0.3) is 0 Å². The highest BCUT2D eigenvalue weighted by Gasteiger charge is 2.31. The van der Waals surface area contributed by atoms with Gasteiger partial charge in [-0.05, 0) is 30.2 Å². The van der Waals surface area contributed by atoms with Gasteiger partial charge in [-0.3, -0.25) is 10.1 Å². The maximum Gasteiger partial charge on any atom is 0.354 e. The number of nitrogens with one attached hydrogen (secondary N) is 1. The molecule has 2 heterocycles. The number of anilines is 4. The van der Waals surface area contributed by atoms with Crippen molar-refractivity contribution in [1.29, 1.82) is 0 Å². The van der Waals surface area contributed by atoms with E-state index in [9.17, 15) is 18.9 Å². The van der Waals surface area contributed by atoms with Gasteiger partial charge in [0.2, 0.25) is 11.6 Å². The fourth-order valence-electron chi connectivity index (χ4n) is 3.11. The predicted octanol–water partition coefficient (Wildman–Crippen LogP) is 4.10. The van der Waals surface area contributed by atoms with E-state index in [1.807, 2.05) is 24.3 Å². The Bertz CT molecular complexity index is 1040. The Labute approximate surface area is 152 Å². The molecule has 0 bridgehead atoms. The summed E-state index contributed by atoms with van der Waals surface area (Å²) < 4.78 is 27.4. The molecule has 7 nitrogen and oxygen atoms in total. The number of fused-ring (bicyclic) bond motifs is 1. The average molecular weight is 369 g/mol. The van der Waals surface area contributed by atoms with Crippen LogP contribution in [0, 0.1) is 21.7 Å². The smallest absolute Gasteiger partial charge is 0.332 e. The summed E-state index contributed by atoms with van der Waals surface area (Å²) in [5.41, 5.74) is 1.22. The van der Waals surface area contributed by atoms with Crippen LogP contribution >= 0.6 is 0 Å². The molecule has 0 spiro atoms. The molecule has 1 N–H and O–H groups in total. The molecule has 0 fully saturated rings. The first-order valence-electron chi connectivity index (χ1n) is 8.11. The summed E-state index contributed by atoms with van der Waals surface area (Å²) in [5, 5.41) is 14.3. The standard InChI is InChI=1S/C18H13F2N5O2/c19-12-5-6-13(20)14(9-12)23-17-16(25(26)27)18(22-10-21-17)24-8-7-11-3-1-2-4-15(11)24/h1-6,9-10H,7-8H2,(H,21,22,23). The lowest BCUT2D eigenvalue weighted by atomic mass is 10.2. The zero-order valence-corrected chi connectivity index (χ0v) is 13.9. The summed E-state index contributed by atoms with van der Waals surface area (Å²) in [5.74, 6) is -1.54. The zero-order chi connectivity index (χ0) is 19.0. The number of rotatable bonds is 4. The second-order valence-electron chi connectivity index (χ2n) is 5.93. The number of nitrogens with zero attached hydrogens (tertiary/aromatic N) is 4. The van der Waals surface area contributed by atoms with Gasteiger partial charge in [-0.2, -0.15) is 0 Å². The molecule has 1 aliphatic heterocycles. The first-order chi connectivity index (χ1) is 13.0. The minimum Gasteiger partial charge on any atom is -0.332 e. The topological polar surface area (TPSA) is 84.2 Å².